The maximum Gasteiger partial charge on any atom is 0.164 e. The van der Waals surface area contributed by atoms with Gasteiger partial charge >= 0.3 is 0 Å². The first-order chi connectivity index (χ1) is 70.3. The molecule has 0 unspecified atom stereocenters. The monoisotopic (exact) mass is 1810 g/mol. The highest BCUT2D eigenvalue weighted by Crippen LogP contribution is 2.44. The SMILES string of the molecule is c1ccc(-c2ccc(-c3nc(-c4ccc5c(ccc6c7ccccc7ccc56)c4)nc(-c4ccc5ccc6c7ccccc7ccc6c5c4)n3)cc2)cc1.c1ccc(-c2ccccc2-c2nc(-c3ccc4ccccc4c3)nc(-c3ccc4ccc5c6ccccc6ccc5c4c3)n2)cc1.c1ccc(-c2nc(-c3ccccc3)nc(-c3ccccc3-c3ccc4ccc5c6ccccc6ccc5c4c3)n2)cc1. The Balaban J connectivity index is 0.000000110. The number of rotatable bonds is 12. The van der Waals surface area contributed by atoms with E-state index in [4.69, 9.17) is 44.9 Å². The molecular formula is C133H83N9. The molecule has 9 nitrogen and oxygen atoms in total. The summed E-state index contributed by atoms with van der Waals surface area (Å²) in [6, 6.07) is 178. The quantitative estimate of drug-likeness (QED) is 0.110. The van der Waals surface area contributed by atoms with Crippen LogP contribution in [0.4, 0.5) is 0 Å². The van der Waals surface area contributed by atoms with Crippen LogP contribution in [0.2, 0.25) is 0 Å². The molecule has 0 aliphatic carbocycles. The molecule has 0 aliphatic heterocycles. The van der Waals surface area contributed by atoms with Gasteiger partial charge in [0.05, 0.1) is 0 Å². The molecule has 0 fully saturated rings. The first-order valence-corrected chi connectivity index (χ1v) is 48.0. The molecule has 0 radical (unpaired) electrons. The maximum absolute atomic E-state index is 5.19. The molecule has 0 atom stereocenters. The molecule has 28 rings (SSSR count). The van der Waals surface area contributed by atoms with Crippen molar-refractivity contribution in [2.24, 2.45) is 0 Å². The number of nitrogens with zero attached hydrogens (tertiary/aromatic N) is 9. The minimum Gasteiger partial charge on any atom is -0.208 e. The molecule has 0 bridgehead atoms. The predicted octanol–water partition coefficient (Wildman–Crippen LogP) is 34.6. The van der Waals surface area contributed by atoms with Crippen LogP contribution in [0.15, 0.2) is 504 Å². The van der Waals surface area contributed by atoms with Crippen LogP contribution >= 0.6 is 0 Å². The molecule has 3 heterocycles. The minimum atomic E-state index is 0.642. The second-order valence-corrected chi connectivity index (χ2v) is 36.1. The lowest BCUT2D eigenvalue weighted by Gasteiger charge is -2.13. The minimum absolute atomic E-state index is 0.642. The van der Waals surface area contributed by atoms with Crippen molar-refractivity contribution in [1.29, 1.82) is 0 Å². The van der Waals surface area contributed by atoms with Crippen LogP contribution in [-0.2, 0) is 0 Å². The Morgan fingerprint density at radius 3 is 0.669 bits per heavy atom. The van der Waals surface area contributed by atoms with E-state index in [1.54, 1.807) is 0 Å². The van der Waals surface area contributed by atoms with Crippen molar-refractivity contribution in [3.8, 4) is 136 Å². The number of hydrogen-bond donors (Lipinski definition) is 0. The summed E-state index contributed by atoms with van der Waals surface area (Å²) in [5, 5.41) is 31.8. The summed E-state index contributed by atoms with van der Waals surface area (Å²) >= 11 is 0. The average Bonchev–Trinajstić information content (AvgIpc) is 0.812. The predicted molar refractivity (Wildman–Crippen MR) is 592 cm³/mol. The highest BCUT2D eigenvalue weighted by atomic mass is 15.1. The molecule has 9 heteroatoms. The van der Waals surface area contributed by atoms with Gasteiger partial charge in [-0.15, -0.1) is 0 Å². The normalized spacial score (nSPS) is 11.5. The summed E-state index contributed by atoms with van der Waals surface area (Å²) in [6.45, 7) is 0. The molecule has 25 aromatic carbocycles. The Hall–Kier alpha value is -19.1. The van der Waals surface area contributed by atoms with Crippen molar-refractivity contribution in [3.63, 3.8) is 0 Å². The lowest BCUT2D eigenvalue weighted by atomic mass is 9.93. The third-order valence-electron chi connectivity index (χ3n) is 27.7. The third-order valence-corrected chi connectivity index (χ3v) is 27.7. The van der Waals surface area contributed by atoms with Gasteiger partial charge in [-0.25, -0.2) is 44.9 Å². The van der Waals surface area contributed by atoms with Gasteiger partial charge < -0.3 is 0 Å². The standard InChI is InChI=1S/C51H31N3.C43H27N3.C39H25N3/c1-2-8-32(9-3-1)33-14-17-37(18-15-33)49-52-50(39-24-25-43-38(30-39)23-29-44-41-12-6-4-10-34(41)20-26-46(43)44)54-51(53-49)40-19-16-36-22-27-45-42-13-7-5-11-35(42)21-28-47(45)48(36)31-40;1-2-11-29(12-3-1)36-16-8-9-17-39(36)43-45-41(33-20-18-28-10-4-5-14-32(28)26-33)44-42(46-43)34-21-19-31-23-24-37-35-15-7-6-13-30(35)22-25-38(37)40(31)27-34;1-3-12-28(13-4-1)37-40-38(29-14-5-2-6-15-29)42-39(41-37)35-18-10-9-17-32(35)30-20-19-27-22-23-33-31-16-8-7-11-26(31)21-24-34(33)36(27)25-30/h1-31H;1-27H;1-25H. The summed E-state index contributed by atoms with van der Waals surface area (Å²) < 4.78 is 0. The van der Waals surface area contributed by atoms with Crippen LogP contribution in [0, 0.1) is 0 Å². The van der Waals surface area contributed by atoms with E-state index in [0.29, 0.717) is 52.4 Å². The van der Waals surface area contributed by atoms with Crippen molar-refractivity contribution in [2.75, 3.05) is 0 Å². The molecular weight excluding hydrogens is 1720 g/mol. The Kier molecular flexibility index (Phi) is 21.1. The Morgan fingerprint density at radius 1 is 0.0845 bits per heavy atom. The fourth-order valence-electron chi connectivity index (χ4n) is 20.6. The van der Waals surface area contributed by atoms with Gasteiger partial charge in [-0.2, -0.15) is 0 Å². The highest BCUT2D eigenvalue weighted by Gasteiger charge is 2.23. The van der Waals surface area contributed by atoms with Crippen LogP contribution in [0.1, 0.15) is 0 Å². The van der Waals surface area contributed by atoms with E-state index in [1.165, 1.54) is 135 Å². The molecule has 142 heavy (non-hydrogen) atoms. The molecule has 0 N–H and O–H groups in total. The van der Waals surface area contributed by atoms with E-state index in [9.17, 15) is 0 Å². The lowest BCUT2D eigenvalue weighted by Crippen LogP contribution is -2.01. The summed E-state index contributed by atoms with van der Waals surface area (Å²) in [4.78, 5) is 45.8. The third kappa shape index (κ3) is 15.7. The van der Waals surface area contributed by atoms with Crippen molar-refractivity contribution in [3.05, 3.63) is 504 Å². The second-order valence-electron chi connectivity index (χ2n) is 36.1. The van der Waals surface area contributed by atoms with E-state index in [0.717, 1.165) is 88.7 Å². The summed E-state index contributed by atoms with van der Waals surface area (Å²) in [5.41, 5.74) is 15.4. The van der Waals surface area contributed by atoms with Crippen molar-refractivity contribution >= 4 is 140 Å². The Bertz CT molecular complexity index is 9810. The van der Waals surface area contributed by atoms with Gasteiger partial charge in [-0.1, -0.05) is 473 Å². The molecule has 3 aromatic heterocycles. The smallest absolute Gasteiger partial charge is 0.164 e. The molecule has 0 spiro atoms. The summed E-state index contributed by atoms with van der Waals surface area (Å²) in [5.74, 6) is 5.85. The van der Waals surface area contributed by atoms with Crippen LogP contribution in [-0.4, -0.2) is 44.9 Å². The summed E-state index contributed by atoms with van der Waals surface area (Å²) in [6.07, 6.45) is 0. The summed E-state index contributed by atoms with van der Waals surface area (Å²) in [7, 11) is 0. The van der Waals surface area contributed by atoms with E-state index in [-0.39, 0.29) is 0 Å². The number of benzene rings is 25. The van der Waals surface area contributed by atoms with Gasteiger partial charge in [0, 0.05) is 50.1 Å². The molecule has 0 amide bonds. The zero-order chi connectivity index (χ0) is 93.9. The maximum atomic E-state index is 5.19. The van der Waals surface area contributed by atoms with Gasteiger partial charge in [0.15, 0.2) is 52.4 Å². The van der Waals surface area contributed by atoms with Gasteiger partial charge in [0.1, 0.15) is 0 Å². The topological polar surface area (TPSA) is 116 Å². The fourth-order valence-corrected chi connectivity index (χ4v) is 20.6. The van der Waals surface area contributed by atoms with Gasteiger partial charge in [0.2, 0.25) is 0 Å². The average molecular weight is 1810 g/mol. The lowest BCUT2D eigenvalue weighted by molar-refractivity contribution is 1.07. The number of hydrogen-bond acceptors (Lipinski definition) is 9. The zero-order valence-corrected chi connectivity index (χ0v) is 76.9. The van der Waals surface area contributed by atoms with Gasteiger partial charge in [0.25, 0.3) is 0 Å². The molecule has 0 saturated carbocycles. The molecule has 28 aromatic rings. The van der Waals surface area contributed by atoms with E-state index in [1.807, 2.05) is 78.9 Å². The molecule has 0 saturated heterocycles. The Morgan fingerprint density at radius 2 is 0.282 bits per heavy atom. The van der Waals surface area contributed by atoms with Crippen molar-refractivity contribution in [1.82, 2.24) is 44.9 Å². The van der Waals surface area contributed by atoms with E-state index >= 15 is 0 Å². The van der Waals surface area contributed by atoms with Crippen molar-refractivity contribution in [2.45, 2.75) is 0 Å². The van der Waals surface area contributed by atoms with Gasteiger partial charge in [-0.3, -0.25) is 0 Å². The van der Waals surface area contributed by atoms with Gasteiger partial charge in [-0.05, 0) is 204 Å². The highest BCUT2D eigenvalue weighted by molar-refractivity contribution is 6.22. The van der Waals surface area contributed by atoms with Crippen LogP contribution < -0.4 is 0 Å². The Labute approximate surface area is 818 Å². The van der Waals surface area contributed by atoms with E-state index < -0.39 is 0 Å². The zero-order valence-electron chi connectivity index (χ0n) is 76.9. The van der Waals surface area contributed by atoms with Crippen LogP contribution in [0.25, 0.3) is 276 Å². The van der Waals surface area contributed by atoms with Crippen LogP contribution in [0.5, 0.6) is 0 Å². The number of fused-ring (bicyclic) bond motifs is 21. The fraction of sp³-hybridized carbons (Fsp3) is 0. The largest absolute Gasteiger partial charge is 0.208 e. The van der Waals surface area contributed by atoms with Crippen molar-refractivity contribution < 1.29 is 0 Å². The van der Waals surface area contributed by atoms with Crippen LogP contribution in [0.3, 0.4) is 0 Å². The molecule has 660 valence electrons. The first kappa shape index (κ1) is 83.5. The number of aromatic nitrogens is 9. The van der Waals surface area contributed by atoms with E-state index in [2.05, 4.69) is 425 Å². The molecule has 0 aliphatic rings. The first-order valence-electron chi connectivity index (χ1n) is 48.0. The second kappa shape index (κ2) is 35.9.